The van der Waals surface area contributed by atoms with Gasteiger partial charge in [-0.2, -0.15) is 0 Å². The first-order valence-corrected chi connectivity index (χ1v) is 8.79. The zero-order chi connectivity index (χ0) is 14.2. The Morgan fingerprint density at radius 1 is 1.14 bits per heavy atom. The van der Waals surface area contributed by atoms with E-state index in [-0.39, 0.29) is 0 Å². The van der Waals surface area contributed by atoms with E-state index in [9.17, 15) is 0 Å². The number of fused-ring (bicyclic) bond motifs is 3. The minimum atomic E-state index is 0.684. The number of nitrogens with zero attached hydrogens (tertiary/aromatic N) is 1. The summed E-state index contributed by atoms with van der Waals surface area (Å²) < 4.78 is 0. The van der Waals surface area contributed by atoms with Crippen molar-refractivity contribution in [3.63, 3.8) is 0 Å². The van der Waals surface area contributed by atoms with Crippen LogP contribution in [0.3, 0.4) is 0 Å². The third-order valence-electron chi connectivity index (χ3n) is 6.26. The molecule has 4 atom stereocenters. The highest BCUT2D eigenvalue weighted by molar-refractivity contribution is 5.30. The van der Waals surface area contributed by atoms with Gasteiger partial charge in [0.2, 0.25) is 0 Å². The second-order valence-corrected chi connectivity index (χ2v) is 7.55. The Bertz CT molecular complexity index is 498. The largest absolute Gasteiger partial charge is 0.318 e. The Morgan fingerprint density at radius 3 is 2.71 bits per heavy atom. The number of rotatable bonds is 4. The van der Waals surface area contributed by atoms with E-state index in [1.54, 1.807) is 11.1 Å². The number of hydrogen-bond donors (Lipinski definition) is 1. The van der Waals surface area contributed by atoms with Gasteiger partial charge in [-0.05, 0) is 61.6 Å². The number of benzene rings is 1. The van der Waals surface area contributed by atoms with Gasteiger partial charge in [-0.1, -0.05) is 30.7 Å². The molecule has 0 saturated heterocycles. The second kappa shape index (κ2) is 5.73. The van der Waals surface area contributed by atoms with Gasteiger partial charge in [-0.15, -0.1) is 0 Å². The van der Waals surface area contributed by atoms with Gasteiger partial charge in [0.25, 0.3) is 0 Å². The van der Waals surface area contributed by atoms with Crippen LogP contribution in [0.1, 0.15) is 36.8 Å². The lowest BCUT2D eigenvalue weighted by Crippen LogP contribution is -2.48. The van der Waals surface area contributed by atoms with Crippen LogP contribution < -0.4 is 5.32 Å². The molecule has 1 aliphatic heterocycles. The van der Waals surface area contributed by atoms with E-state index in [0.29, 0.717) is 6.04 Å². The monoisotopic (exact) mass is 284 g/mol. The van der Waals surface area contributed by atoms with Crippen molar-refractivity contribution in [2.24, 2.45) is 17.8 Å². The average Bonchev–Trinajstić information content (AvgIpc) is 3.11. The van der Waals surface area contributed by atoms with E-state index in [1.165, 1.54) is 38.6 Å². The fourth-order valence-electron chi connectivity index (χ4n) is 5.19. The summed E-state index contributed by atoms with van der Waals surface area (Å²) in [6.45, 7) is 3.62. The van der Waals surface area contributed by atoms with Gasteiger partial charge in [-0.3, -0.25) is 4.90 Å². The van der Waals surface area contributed by atoms with Gasteiger partial charge in [0.05, 0.1) is 0 Å². The molecule has 2 fully saturated rings. The summed E-state index contributed by atoms with van der Waals surface area (Å²) in [5, 5.41) is 3.42. The Labute approximate surface area is 128 Å². The lowest BCUT2D eigenvalue weighted by atomic mass is 9.86. The molecule has 2 aliphatic carbocycles. The van der Waals surface area contributed by atoms with E-state index in [1.807, 2.05) is 0 Å². The summed E-state index contributed by atoms with van der Waals surface area (Å²) in [5.74, 6) is 3.09. The highest BCUT2D eigenvalue weighted by Gasteiger charge is 2.41. The van der Waals surface area contributed by atoms with Crippen LogP contribution in [0.15, 0.2) is 24.3 Å². The van der Waals surface area contributed by atoms with Crippen LogP contribution in [0.4, 0.5) is 0 Å². The molecule has 2 nitrogen and oxygen atoms in total. The third kappa shape index (κ3) is 2.64. The summed E-state index contributed by atoms with van der Waals surface area (Å²) in [4.78, 5) is 2.78. The summed E-state index contributed by atoms with van der Waals surface area (Å²) in [6, 6.07) is 9.74. The molecule has 0 spiro atoms. The van der Waals surface area contributed by atoms with Crippen molar-refractivity contribution < 1.29 is 0 Å². The van der Waals surface area contributed by atoms with E-state index < -0.39 is 0 Å². The molecular formula is C19H28N2. The molecule has 0 aromatic heterocycles. The molecule has 4 rings (SSSR count). The summed E-state index contributed by atoms with van der Waals surface area (Å²) >= 11 is 0. The summed E-state index contributed by atoms with van der Waals surface area (Å²) in [5.41, 5.74) is 3.13. The number of nitrogens with one attached hydrogen (secondary N) is 1. The van der Waals surface area contributed by atoms with Crippen LogP contribution in [0.5, 0.6) is 0 Å². The lowest BCUT2D eigenvalue weighted by molar-refractivity contribution is 0.122. The summed E-state index contributed by atoms with van der Waals surface area (Å²) in [7, 11) is 2.09. The minimum absolute atomic E-state index is 0.684. The normalized spacial score (nSPS) is 35.1. The molecule has 114 valence electrons. The standard InChI is InChI=1S/C19H28N2/c1-20-11-19-10-15-4-2-3-5-17(15)12-21(19)13-18-9-14-6-7-16(18)8-14/h2-5,14,16,18-20H,6-13H2,1H3. The molecule has 1 N–H and O–H groups in total. The van der Waals surface area contributed by atoms with Crippen molar-refractivity contribution >= 4 is 0 Å². The lowest BCUT2D eigenvalue weighted by Gasteiger charge is -2.39. The number of hydrogen-bond acceptors (Lipinski definition) is 2. The van der Waals surface area contributed by atoms with Gasteiger partial charge >= 0.3 is 0 Å². The molecule has 2 heteroatoms. The maximum atomic E-state index is 3.42. The van der Waals surface area contributed by atoms with Crippen LogP contribution >= 0.6 is 0 Å². The zero-order valence-corrected chi connectivity index (χ0v) is 13.2. The average molecular weight is 284 g/mol. The van der Waals surface area contributed by atoms with E-state index in [2.05, 4.69) is 41.5 Å². The minimum Gasteiger partial charge on any atom is -0.318 e. The van der Waals surface area contributed by atoms with Gasteiger partial charge < -0.3 is 5.32 Å². The molecule has 0 radical (unpaired) electrons. The van der Waals surface area contributed by atoms with Crippen LogP contribution in [-0.2, 0) is 13.0 Å². The maximum absolute atomic E-state index is 3.42. The molecule has 1 aromatic rings. The van der Waals surface area contributed by atoms with Gasteiger partial charge in [0.15, 0.2) is 0 Å². The van der Waals surface area contributed by atoms with Crippen LogP contribution in [0.25, 0.3) is 0 Å². The van der Waals surface area contributed by atoms with Crippen LogP contribution in [0, 0.1) is 17.8 Å². The van der Waals surface area contributed by atoms with E-state index in [4.69, 9.17) is 0 Å². The molecular weight excluding hydrogens is 256 g/mol. The van der Waals surface area contributed by atoms with Crippen molar-refractivity contribution in [3.8, 4) is 0 Å². The highest BCUT2D eigenvalue weighted by Crippen LogP contribution is 2.48. The number of likely N-dealkylation sites (N-methyl/N-ethyl adjacent to an activating group) is 1. The molecule has 3 aliphatic rings. The van der Waals surface area contributed by atoms with Crippen molar-refractivity contribution in [2.75, 3.05) is 20.1 Å². The predicted molar refractivity (Wildman–Crippen MR) is 87.2 cm³/mol. The molecule has 0 amide bonds. The Hall–Kier alpha value is -0.860. The van der Waals surface area contributed by atoms with Gasteiger partial charge in [-0.25, -0.2) is 0 Å². The molecule has 1 heterocycles. The van der Waals surface area contributed by atoms with Crippen molar-refractivity contribution in [1.29, 1.82) is 0 Å². The Morgan fingerprint density at radius 2 is 2.00 bits per heavy atom. The van der Waals surface area contributed by atoms with Crippen LogP contribution in [0.2, 0.25) is 0 Å². The molecule has 1 aromatic carbocycles. The molecule has 2 saturated carbocycles. The Balaban J connectivity index is 1.49. The quantitative estimate of drug-likeness (QED) is 0.914. The third-order valence-corrected chi connectivity index (χ3v) is 6.26. The van der Waals surface area contributed by atoms with E-state index in [0.717, 1.165) is 30.8 Å². The molecule has 21 heavy (non-hydrogen) atoms. The maximum Gasteiger partial charge on any atom is 0.0264 e. The molecule has 2 bridgehead atoms. The van der Waals surface area contributed by atoms with Crippen molar-refractivity contribution in [3.05, 3.63) is 35.4 Å². The highest BCUT2D eigenvalue weighted by atomic mass is 15.2. The van der Waals surface area contributed by atoms with Crippen molar-refractivity contribution in [2.45, 2.75) is 44.7 Å². The summed E-state index contributed by atoms with van der Waals surface area (Å²) in [6.07, 6.45) is 7.29. The van der Waals surface area contributed by atoms with Crippen molar-refractivity contribution in [1.82, 2.24) is 10.2 Å². The SMILES string of the molecule is CNCC1Cc2ccccc2CN1CC1CC2CCC1C2. The van der Waals surface area contributed by atoms with Gasteiger partial charge in [0.1, 0.15) is 0 Å². The topological polar surface area (TPSA) is 15.3 Å². The first-order valence-electron chi connectivity index (χ1n) is 8.79. The van der Waals surface area contributed by atoms with Crippen LogP contribution in [-0.4, -0.2) is 31.1 Å². The second-order valence-electron chi connectivity index (χ2n) is 7.55. The smallest absolute Gasteiger partial charge is 0.0264 e. The fourth-order valence-corrected chi connectivity index (χ4v) is 5.19. The molecule has 4 unspecified atom stereocenters. The predicted octanol–water partition coefficient (Wildman–Crippen LogP) is 3.07. The zero-order valence-electron chi connectivity index (χ0n) is 13.2. The fraction of sp³-hybridized carbons (Fsp3) is 0.684. The first-order chi connectivity index (χ1) is 10.3. The Kier molecular flexibility index (Phi) is 3.76. The van der Waals surface area contributed by atoms with E-state index >= 15 is 0 Å². The van der Waals surface area contributed by atoms with Gasteiger partial charge in [0, 0.05) is 25.7 Å². The first kappa shape index (κ1) is 13.8.